The number of rotatable bonds is 7. The number of benzene rings is 2. The van der Waals surface area contributed by atoms with Crippen LogP contribution < -0.4 is 9.47 Å². The van der Waals surface area contributed by atoms with Gasteiger partial charge in [0.1, 0.15) is 23.2 Å². The Hall–Kier alpha value is -4.15. The molecule has 0 saturated heterocycles. The van der Waals surface area contributed by atoms with Crippen LogP contribution in [0, 0.1) is 17.5 Å². The fraction of sp³-hybridized carbons (Fsp3) is 0.208. The van der Waals surface area contributed by atoms with Crippen molar-refractivity contribution in [1.82, 2.24) is 15.1 Å². The number of nitrogens with zero attached hydrogens (tertiary/aromatic N) is 3. The maximum Gasteiger partial charge on any atom is 0.275 e. The molecule has 0 aliphatic rings. The zero-order valence-corrected chi connectivity index (χ0v) is 18.8. The van der Waals surface area contributed by atoms with E-state index >= 15 is 4.39 Å². The number of aromatic nitrogens is 3. The molecule has 0 saturated carbocycles. The van der Waals surface area contributed by atoms with E-state index in [1.165, 1.54) is 30.4 Å². The second kappa shape index (κ2) is 9.61. The minimum atomic E-state index is -0.928. The summed E-state index contributed by atoms with van der Waals surface area (Å²) in [4.78, 5) is 14.4. The summed E-state index contributed by atoms with van der Waals surface area (Å²) in [6.07, 6.45) is 2.62. The Bertz CT molecular complexity index is 1400. The van der Waals surface area contributed by atoms with Gasteiger partial charge in [-0.3, -0.25) is 15.1 Å². The van der Waals surface area contributed by atoms with E-state index in [0.29, 0.717) is 27.3 Å². The number of halogens is 4. The zero-order valence-electron chi connectivity index (χ0n) is 18.8. The Morgan fingerprint density at radius 1 is 1.17 bits per heavy atom. The molecule has 182 valence electrons. The summed E-state index contributed by atoms with van der Waals surface area (Å²) < 4.78 is 62.0. The van der Waals surface area contributed by atoms with Gasteiger partial charge in [0.15, 0.2) is 6.67 Å². The number of carbonyl (C=O) groups is 1. The molecule has 0 atom stereocenters. The minimum Gasteiger partial charge on any atom is -0.493 e. The standard InChI is InChI=1S/C24H20F4N4O3/c1-3-35-21-7-14(6-19(28)22(21)13-4-16(26)8-17(27)5-13)24(33)31(2)11-15-12-32(34)20(9-25)18-10-29-30-23(15)18/h4-8,10,12,34H,3,9,11H2,1-2H3/p+1. The number of hydrogen-bond donors (Lipinski definition) is 2. The second-order valence-corrected chi connectivity index (χ2v) is 7.82. The number of nitrogens with one attached hydrogen (secondary N) is 1. The summed E-state index contributed by atoms with van der Waals surface area (Å²) >= 11 is 0. The monoisotopic (exact) mass is 489 g/mol. The van der Waals surface area contributed by atoms with E-state index in [4.69, 9.17) is 4.74 Å². The van der Waals surface area contributed by atoms with Crippen LogP contribution in [0.5, 0.6) is 5.75 Å². The van der Waals surface area contributed by atoms with Crippen molar-refractivity contribution in [3.8, 4) is 16.9 Å². The molecule has 4 aromatic rings. The molecule has 7 nitrogen and oxygen atoms in total. The van der Waals surface area contributed by atoms with E-state index in [1.807, 2.05) is 0 Å². The van der Waals surface area contributed by atoms with Crippen LogP contribution in [0.4, 0.5) is 17.6 Å². The number of ether oxygens (including phenoxy) is 1. The van der Waals surface area contributed by atoms with Crippen LogP contribution in [0.1, 0.15) is 28.5 Å². The van der Waals surface area contributed by atoms with Gasteiger partial charge in [0.05, 0.1) is 41.4 Å². The lowest BCUT2D eigenvalue weighted by molar-refractivity contribution is -0.909. The fourth-order valence-electron chi connectivity index (χ4n) is 3.92. The van der Waals surface area contributed by atoms with Gasteiger partial charge in [0.2, 0.25) is 6.20 Å². The first-order valence-corrected chi connectivity index (χ1v) is 10.6. The summed E-state index contributed by atoms with van der Waals surface area (Å²) in [6.45, 7) is 0.804. The average Bonchev–Trinajstić information content (AvgIpc) is 3.28. The molecule has 0 fully saturated rings. The van der Waals surface area contributed by atoms with E-state index in [2.05, 4.69) is 10.2 Å². The van der Waals surface area contributed by atoms with Gasteiger partial charge < -0.3 is 9.64 Å². The molecule has 2 heterocycles. The van der Waals surface area contributed by atoms with Gasteiger partial charge in [-0.05, 0) is 36.8 Å². The van der Waals surface area contributed by atoms with E-state index < -0.39 is 30.0 Å². The molecule has 1 amide bonds. The van der Waals surface area contributed by atoms with Crippen molar-refractivity contribution in [2.75, 3.05) is 13.7 Å². The molecule has 0 aliphatic heterocycles. The molecule has 0 bridgehead atoms. The summed E-state index contributed by atoms with van der Waals surface area (Å²) in [5.41, 5.74) is 0.564. The highest BCUT2D eigenvalue weighted by Crippen LogP contribution is 2.35. The first kappa shape index (κ1) is 24.0. The van der Waals surface area contributed by atoms with Crippen molar-refractivity contribution in [3.63, 3.8) is 0 Å². The van der Waals surface area contributed by atoms with Crippen molar-refractivity contribution in [1.29, 1.82) is 0 Å². The van der Waals surface area contributed by atoms with Crippen LogP contribution in [0.3, 0.4) is 0 Å². The lowest BCUT2D eigenvalue weighted by atomic mass is 10.0. The maximum absolute atomic E-state index is 15.2. The molecular formula is C24H21F4N4O3+. The van der Waals surface area contributed by atoms with Crippen molar-refractivity contribution in [3.05, 3.63) is 77.0 Å². The van der Waals surface area contributed by atoms with Crippen molar-refractivity contribution in [2.24, 2.45) is 0 Å². The molecule has 2 N–H and O–H groups in total. The quantitative estimate of drug-likeness (QED) is 0.230. The second-order valence-electron chi connectivity index (χ2n) is 7.82. The topological polar surface area (TPSA) is 82.3 Å². The summed E-state index contributed by atoms with van der Waals surface area (Å²) in [7, 11) is 1.46. The van der Waals surface area contributed by atoms with E-state index in [9.17, 15) is 23.2 Å². The number of alkyl halides is 1. The predicted molar refractivity (Wildman–Crippen MR) is 117 cm³/mol. The molecule has 0 spiro atoms. The van der Waals surface area contributed by atoms with Gasteiger partial charge in [0.25, 0.3) is 11.6 Å². The average molecular weight is 489 g/mol. The van der Waals surface area contributed by atoms with Crippen molar-refractivity contribution < 1.29 is 37.0 Å². The fourth-order valence-corrected chi connectivity index (χ4v) is 3.92. The molecule has 0 aliphatic carbocycles. The largest absolute Gasteiger partial charge is 0.493 e. The molecular weight excluding hydrogens is 468 g/mol. The third kappa shape index (κ3) is 4.61. The third-order valence-electron chi connectivity index (χ3n) is 5.46. The SMILES string of the molecule is CCOc1cc(C(=O)N(C)Cc2c[n+](O)c(CF)c3cn[nH]c23)cc(F)c1-c1cc(F)cc(F)c1. The summed E-state index contributed by atoms with van der Waals surface area (Å²) in [5, 5.41) is 17.1. The predicted octanol–water partition coefficient (Wildman–Crippen LogP) is 4.31. The Kier molecular flexibility index (Phi) is 6.59. The lowest BCUT2D eigenvalue weighted by Gasteiger charge is -2.19. The summed E-state index contributed by atoms with van der Waals surface area (Å²) in [5.74, 6) is -3.30. The molecule has 35 heavy (non-hydrogen) atoms. The number of carbonyl (C=O) groups excluding carboxylic acids is 1. The Labute approximate surface area is 197 Å². The molecule has 0 radical (unpaired) electrons. The molecule has 2 aromatic carbocycles. The van der Waals surface area contributed by atoms with Crippen molar-refractivity contribution in [2.45, 2.75) is 20.1 Å². The van der Waals surface area contributed by atoms with Crippen LogP contribution in [-0.4, -0.2) is 39.9 Å². The van der Waals surface area contributed by atoms with Crippen molar-refractivity contribution >= 4 is 16.8 Å². The van der Waals surface area contributed by atoms with Crippen LogP contribution in [-0.2, 0) is 13.2 Å². The van der Waals surface area contributed by atoms with Gasteiger partial charge >= 0.3 is 0 Å². The molecule has 2 aromatic heterocycles. The Morgan fingerprint density at radius 2 is 1.89 bits per heavy atom. The van der Waals surface area contributed by atoms with E-state index in [0.717, 1.165) is 18.2 Å². The number of hydrogen-bond acceptors (Lipinski definition) is 4. The van der Waals surface area contributed by atoms with Gasteiger partial charge in [0, 0.05) is 23.4 Å². The highest BCUT2D eigenvalue weighted by molar-refractivity contribution is 5.96. The zero-order chi connectivity index (χ0) is 25.3. The number of H-pyrrole nitrogens is 1. The lowest BCUT2D eigenvalue weighted by Crippen LogP contribution is -2.36. The Balaban J connectivity index is 1.69. The first-order chi connectivity index (χ1) is 16.7. The van der Waals surface area contributed by atoms with E-state index in [-0.39, 0.29) is 41.3 Å². The maximum atomic E-state index is 15.2. The Morgan fingerprint density at radius 3 is 2.54 bits per heavy atom. The highest BCUT2D eigenvalue weighted by atomic mass is 19.1. The van der Waals surface area contributed by atoms with Gasteiger partial charge in [-0.15, -0.1) is 0 Å². The summed E-state index contributed by atoms with van der Waals surface area (Å²) in [6, 6.07) is 4.87. The van der Waals surface area contributed by atoms with Gasteiger partial charge in [-0.1, -0.05) is 0 Å². The first-order valence-electron chi connectivity index (χ1n) is 10.6. The number of fused-ring (bicyclic) bond motifs is 1. The molecule has 11 heteroatoms. The number of pyridine rings is 1. The normalized spacial score (nSPS) is 11.1. The van der Waals surface area contributed by atoms with Gasteiger partial charge in [-0.25, -0.2) is 17.6 Å². The minimum absolute atomic E-state index is 0.000666. The van der Waals surface area contributed by atoms with Crippen LogP contribution in [0.2, 0.25) is 0 Å². The highest BCUT2D eigenvalue weighted by Gasteiger charge is 2.25. The number of aromatic amines is 1. The smallest absolute Gasteiger partial charge is 0.275 e. The van der Waals surface area contributed by atoms with Crippen LogP contribution in [0.25, 0.3) is 22.0 Å². The van der Waals surface area contributed by atoms with Crippen LogP contribution >= 0.6 is 0 Å². The van der Waals surface area contributed by atoms with Gasteiger partial charge in [-0.2, -0.15) is 5.10 Å². The van der Waals surface area contributed by atoms with Crippen LogP contribution in [0.15, 0.2) is 42.7 Å². The molecule has 4 rings (SSSR count). The number of amides is 1. The van der Waals surface area contributed by atoms with E-state index in [1.54, 1.807) is 6.92 Å². The third-order valence-corrected chi connectivity index (χ3v) is 5.46. The molecule has 0 unspecified atom stereocenters.